The smallest absolute Gasteiger partial charge is 0.191 e. The van der Waals surface area contributed by atoms with Crippen molar-refractivity contribution in [3.05, 3.63) is 23.3 Å². The Hall–Kier alpha value is -0.600. The molecule has 2 aliphatic rings. The quantitative estimate of drug-likeness (QED) is 0.663. The van der Waals surface area contributed by atoms with Gasteiger partial charge in [0.25, 0.3) is 0 Å². The lowest BCUT2D eigenvalue weighted by molar-refractivity contribution is -0.123. The van der Waals surface area contributed by atoms with Crippen LogP contribution in [0.1, 0.15) is 39.5 Å². The molecule has 84 valence electrons. The fraction of sp³-hybridized carbons (Fsp3) is 0.692. The van der Waals surface area contributed by atoms with Gasteiger partial charge in [0, 0.05) is 6.42 Å². The average Bonchev–Trinajstić information content (AvgIpc) is 2.82. The van der Waals surface area contributed by atoms with Crippen LogP contribution in [0.25, 0.3) is 0 Å². The summed E-state index contributed by atoms with van der Waals surface area (Å²) in [6.45, 7) is 5.81. The Bertz CT molecular complexity index is 283. The summed E-state index contributed by atoms with van der Waals surface area (Å²) < 4.78 is 11.5. The second kappa shape index (κ2) is 4.50. The molecule has 1 spiro atoms. The topological polar surface area (TPSA) is 18.5 Å². The van der Waals surface area contributed by atoms with Crippen molar-refractivity contribution >= 4 is 0 Å². The van der Waals surface area contributed by atoms with Gasteiger partial charge in [-0.05, 0) is 31.8 Å². The number of rotatable bonds is 3. The van der Waals surface area contributed by atoms with Crippen molar-refractivity contribution in [2.75, 3.05) is 13.2 Å². The minimum atomic E-state index is -0.338. The molecule has 0 N–H and O–H groups in total. The molecular formula is C13H20O2. The van der Waals surface area contributed by atoms with E-state index in [1.165, 1.54) is 11.1 Å². The first-order valence-electron chi connectivity index (χ1n) is 5.90. The van der Waals surface area contributed by atoms with Crippen molar-refractivity contribution in [3.63, 3.8) is 0 Å². The van der Waals surface area contributed by atoms with Gasteiger partial charge in [-0.2, -0.15) is 0 Å². The van der Waals surface area contributed by atoms with E-state index in [0.717, 1.165) is 38.9 Å². The molecule has 1 aliphatic carbocycles. The molecule has 0 atom stereocenters. The SMILES string of the molecule is CC/C=C\CC1=C(C)C2(CC1)OCCO2. The van der Waals surface area contributed by atoms with Crippen molar-refractivity contribution in [1.29, 1.82) is 0 Å². The van der Waals surface area contributed by atoms with E-state index in [1.807, 2.05) is 0 Å². The predicted octanol–water partition coefficient (Wildman–Crippen LogP) is 3.20. The van der Waals surface area contributed by atoms with Crippen LogP contribution in [0.15, 0.2) is 23.3 Å². The number of hydrogen-bond acceptors (Lipinski definition) is 2. The molecule has 0 aromatic rings. The van der Waals surface area contributed by atoms with E-state index < -0.39 is 0 Å². The summed E-state index contributed by atoms with van der Waals surface area (Å²) >= 11 is 0. The normalized spacial score (nSPS) is 24.9. The second-order valence-electron chi connectivity index (χ2n) is 4.26. The van der Waals surface area contributed by atoms with Gasteiger partial charge in [-0.25, -0.2) is 0 Å². The Balaban J connectivity index is 2.05. The van der Waals surface area contributed by atoms with Crippen molar-refractivity contribution < 1.29 is 9.47 Å². The van der Waals surface area contributed by atoms with Gasteiger partial charge in [0.2, 0.25) is 0 Å². The molecule has 0 bridgehead atoms. The molecule has 0 radical (unpaired) electrons. The number of hydrogen-bond donors (Lipinski definition) is 0. The van der Waals surface area contributed by atoms with Gasteiger partial charge in [-0.3, -0.25) is 0 Å². The lowest BCUT2D eigenvalue weighted by Gasteiger charge is -2.23. The maximum Gasteiger partial charge on any atom is 0.191 e. The Labute approximate surface area is 92.0 Å². The zero-order valence-electron chi connectivity index (χ0n) is 9.71. The van der Waals surface area contributed by atoms with Crippen molar-refractivity contribution in [2.24, 2.45) is 0 Å². The monoisotopic (exact) mass is 208 g/mol. The van der Waals surface area contributed by atoms with Gasteiger partial charge in [0.15, 0.2) is 5.79 Å². The van der Waals surface area contributed by atoms with Crippen LogP contribution in [0.4, 0.5) is 0 Å². The number of ether oxygens (including phenoxy) is 2. The van der Waals surface area contributed by atoms with Gasteiger partial charge in [-0.1, -0.05) is 24.6 Å². The third kappa shape index (κ3) is 2.01. The molecule has 0 unspecified atom stereocenters. The van der Waals surface area contributed by atoms with Crippen LogP contribution in [0.2, 0.25) is 0 Å². The summed E-state index contributed by atoms with van der Waals surface area (Å²) in [5.41, 5.74) is 2.82. The highest BCUT2D eigenvalue weighted by Crippen LogP contribution is 2.42. The van der Waals surface area contributed by atoms with Crippen molar-refractivity contribution in [1.82, 2.24) is 0 Å². The zero-order valence-corrected chi connectivity index (χ0v) is 9.71. The fourth-order valence-electron chi connectivity index (χ4n) is 2.42. The summed E-state index contributed by atoms with van der Waals surface area (Å²) in [6.07, 6.45) is 8.79. The molecule has 1 aliphatic heterocycles. The molecule has 0 aromatic heterocycles. The summed E-state index contributed by atoms with van der Waals surface area (Å²) in [6, 6.07) is 0. The van der Waals surface area contributed by atoms with Crippen LogP contribution >= 0.6 is 0 Å². The minimum absolute atomic E-state index is 0.338. The summed E-state index contributed by atoms with van der Waals surface area (Å²) in [4.78, 5) is 0. The first kappa shape index (κ1) is 10.9. The highest BCUT2D eigenvalue weighted by molar-refractivity contribution is 5.28. The Morgan fingerprint density at radius 1 is 1.27 bits per heavy atom. The van der Waals surface area contributed by atoms with E-state index in [0.29, 0.717) is 0 Å². The number of allylic oxidation sites excluding steroid dienone is 3. The van der Waals surface area contributed by atoms with E-state index in [4.69, 9.17) is 9.47 Å². The highest BCUT2D eigenvalue weighted by Gasteiger charge is 2.43. The Morgan fingerprint density at radius 3 is 2.67 bits per heavy atom. The summed E-state index contributed by atoms with van der Waals surface area (Å²) in [7, 11) is 0. The largest absolute Gasteiger partial charge is 0.344 e. The van der Waals surface area contributed by atoms with Crippen LogP contribution in [0, 0.1) is 0 Å². The third-order valence-corrected chi connectivity index (χ3v) is 3.38. The van der Waals surface area contributed by atoms with E-state index >= 15 is 0 Å². The molecule has 1 fully saturated rings. The second-order valence-corrected chi connectivity index (χ2v) is 4.26. The zero-order chi connectivity index (χ0) is 10.7. The van der Waals surface area contributed by atoms with Crippen LogP contribution in [-0.2, 0) is 9.47 Å². The standard InChI is InChI=1S/C13H20O2/c1-3-4-5-6-12-7-8-13(11(12)2)14-9-10-15-13/h4-5H,3,6-10H2,1-2H3/b5-4-. The molecule has 15 heavy (non-hydrogen) atoms. The Morgan fingerprint density at radius 2 is 2.00 bits per heavy atom. The third-order valence-electron chi connectivity index (χ3n) is 3.38. The molecule has 2 rings (SSSR count). The first-order chi connectivity index (χ1) is 7.28. The van der Waals surface area contributed by atoms with Crippen LogP contribution < -0.4 is 0 Å². The molecule has 1 heterocycles. The van der Waals surface area contributed by atoms with Gasteiger partial charge in [0.1, 0.15) is 0 Å². The molecule has 0 aromatic carbocycles. The molecule has 0 saturated carbocycles. The van der Waals surface area contributed by atoms with E-state index in [2.05, 4.69) is 26.0 Å². The van der Waals surface area contributed by atoms with Crippen molar-refractivity contribution in [2.45, 2.75) is 45.3 Å². The molecule has 1 saturated heterocycles. The molecule has 2 heteroatoms. The predicted molar refractivity (Wildman–Crippen MR) is 60.6 cm³/mol. The van der Waals surface area contributed by atoms with Gasteiger partial charge < -0.3 is 9.47 Å². The van der Waals surface area contributed by atoms with Crippen molar-refractivity contribution in [3.8, 4) is 0 Å². The molecule has 0 amide bonds. The van der Waals surface area contributed by atoms with E-state index in [-0.39, 0.29) is 5.79 Å². The summed E-state index contributed by atoms with van der Waals surface area (Å²) in [5.74, 6) is -0.338. The molecule has 2 nitrogen and oxygen atoms in total. The van der Waals surface area contributed by atoms with Crippen LogP contribution in [0.5, 0.6) is 0 Å². The fourth-order valence-corrected chi connectivity index (χ4v) is 2.42. The highest BCUT2D eigenvalue weighted by atomic mass is 16.7. The lowest BCUT2D eigenvalue weighted by atomic mass is 10.1. The molecular weight excluding hydrogens is 188 g/mol. The average molecular weight is 208 g/mol. The van der Waals surface area contributed by atoms with Gasteiger partial charge in [-0.15, -0.1) is 0 Å². The maximum atomic E-state index is 5.75. The van der Waals surface area contributed by atoms with Crippen LogP contribution in [-0.4, -0.2) is 19.0 Å². The summed E-state index contributed by atoms with van der Waals surface area (Å²) in [5, 5.41) is 0. The van der Waals surface area contributed by atoms with Gasteiger partial charge in [0.05, 0.1) is 13.2 Å². The van der Waals surface area contributed by atoms with E-state index in [9.17, 15) is 0 Å². The van der Waals surface area contributed by atoms with E-state index in [1.54, 1.807) is 0 Å². The minimum Gasteiger partial charge on any atom is -0.344 e. The van der Waals surface area contributed by atoms with Crippen LogP contribution in [0.3, 0.4) is 0 Å². The van der Waals surface area contributed by atoms with Gasteiger partial charge >= 0.3 is 0 Å². The first-order valence-corrected chi connectivity index (χ1v) is 5.90. The Kier molecular flexibility index (Phi) is 3.27. The lowest BCUT2D eigenvalue weighted by Crippen LogP contribution is -2.28. The maximum absolute atomic E-state index is 5.75.